The first-order valence-electron chi connectivity index (χ1n) is 38.0. The van der Waals surface area contributed by atoms with E-state index in [0.717, 1.165) is 142 Å². The largest absolute Gasteiger partial charge is 0.484 e. The Labute approximate surface area is 662 Å². The van der Waals surface area contributed by atoms with Crippen molar-refractivity contribution < 1.29 is 41.9 Å². The van der Waals surface area contributed by atoms with E-state index in [2.05, 4.69) is 56.2 Å². The minimum absolute atomic E-state index is 0.00176. The van der Waals surface area contributed by atoms with Crippen LogP contribution in [-0.4, -0.2) is 120 Å². The fraction of sp³-hybridized carbons (Fsp3) is 0.435. The van der Waals surface area contributed by atoms with Crippen molar-refractivity contribution >= 4 is 91.7 Å². The molecule has 19 nitrogen and oxygen atoms in total. The van der Waals surface area contributed by atoms with Crippen molar-refractivity contribution in [2.24, 2.45) is 28.9 Å². The molecule has 7 aromatic rings. The first-order chi connectivity index (χ1) is 52.4. The lowest BCUT2D eigenvalue weighted by Gasteiger charge is -2.40. The van der Waals surface area contributed by atoms with Gasteiger partial charge in [-0.05, 0) is 230 Å². The molecule has 0 radical (unpaired) electrons. The quantitative estimate of drug-likeness (QED) is 0.0255. The van der Waals surface area contributed by atoms with Crippen LogP contribution in [0.25, 0.3) is 0 Å². The molecule has 0 saturated heterocycles. The van der Waals surface area contributed by atoms with Gasteiger partial charge in [-0.15, -0.1) is 0 Å². The fourth-order valence-electron chi connectivity index (χ4n) is 15.4. The lowest BCUT2D eigenvalue weighted by molar-refractivity contribution is -0.127. The first kappa shape index (κ1) is 85.1. The number of amides is 6. The smallest absolute Gasteiger partial charge is 0.258 e. The lowest BCUT2D eigenvalue weighted by atomic mass is 9.68. The maximum atomic E-state index is 12.3. The molecule has 7 aromatic carbocycles. The molecule has 14 N–H and O–H groups in total. The fourth-order valence-corrected chi connectivity index (χ4v) is 17.4. The standard InChI is InChI=1S/C22H26ClN3O2.C22H27ClN2O3S.C22H27ClN2O2.C19H26ClN3O2/c23-18-8-4-7-17(13-18)22(15-24)11-9-19(10-12-22)26-20(27)14-25-21(28)16-5-2-1-3-6-16;23-18-6-4-5-17(15-18)22(16-24)12-9-19(10-13-22)25-21(26)11-14-29(27,28)20-7-2-1-3-8-20;1-16-5-7-20(8-6-16)27-14-21(26)25-19-9-11-22(15-24,12-10-19)17-3-2-4-18(23)13-17;20-15-3-1-2-14(10-15)19(12-21)8-6-16(7-9-19)23-17(24)11-22-18(25)13-4-5-13/h1-8,13,19H,9-12,14-15,24H2,(H,25,28)(H,26,27);1-8,15,19H,9-14,16,24H2,(H,25,26);2-8,13,19H,9-12,14-15,24H2,1H3,(H,25,26);1-3,10,13,16H,4-9,11-12,21H2,(H,22,25)(H,23,24). The maximum Gasteiger partial charge on any atom is 0.258 e. The van der Waals surface area contributed by atoms with Gasteiger partial charge in [0.2, 0.25) is 23.6 Å². The van der Waals surface area contributed by atoms with Crippen molar-refractivity contribution in [2.45, 2.75) is 180 Å². The molecule has 24 heteroatoms. The molecule has 0 bridgehead atoms. The van der Waals surface area contributed by atoms with E-state index >= 15 is 0 Å². The van der Waals surface area contributed by atoms with Crippen LogP contribution in [0.4, 0.5) is 0 Å². The van der Waals surface area contributed by atoms with Crippen LogP contribution < -0.4 is 59.6 Å². The summed E-state index contributed by atoms with van der Waals surface area (Å²) in [5, 5.41) is 20.4. The molecule has 6 amide bonds. The first-order valence-corrected chi connectivity index (χ1v) is 41.2. The topological polar surface area (TPSA) is 322 Å². The average Bonchev–Trinajstić information content (AvgIpc) is 0.984. The molecule has 5 aliphatic rings. The highest BCUT2D eigenvalue weighted by molar-refractivity contribution is 7.91. The summed E-state index contributed by atoms with van der Waals surface area (Å²) >= 11 is 24.6. The van der Waals surface area contributed by atoms with Gasteiger partial charge in [0.1, 0.15) is 5.75 Å². The van der Waals surface area contributed by atoms with Gasteiger partial charge in [0.15, 0.2) is 16.4 Å². The van der Waals surface area contributed by atoms with Gasteiger partial charge in [-0.25, -0.2) is 8.42 Å². The summed E-state index contributed by atoms with van der Waals surface area (Å²) in [7, 11) is -3.45. The van der Waals surface area contributed by atoms with Gasteiger partial charge < -0.3 is 59.6 Å². The number of nitrogens with two attached hydrogens (primary N) is 4. The van der Waals surface area contributed by atoms with Crippen LogP contribution in [0.3, 0.4) is 0 Å². The van der Waals surface area contributed by atoms with Crippen molar-refractivity contribution in [2.75, 3.05) is 51.6 Å². The van der Waals surface area contributed by atoms with E-state index in [4.69, 9.17) is 74.1 Å². The molecule has 0 unspecified atom stereocenters. The maximum absolute atomic E-state index is 12.3. The van der Waals surface area contributed by atoms with Gasteiger partial charge >= 0.3 is 0 Å². The van der Waals surface area contributed by atoms with Crippen LogP contribution in [-0.2, 0) is 55.5 Å². The molecule has 5 saturated carbocycles. The third-order valence-corrected chi connectivity index (χ3v) is 25.1. The summed E-state index contributed by atoms with van der Waals surface area (Å²) in [5.41, 5.74) is 30.6. The van der Waals surface area contributed by atoms with E-state index in [1.54, 1.807) is 54.6 Å². The zero-order valence-electron chi connectivity index (χ0n) is 62.2. The number of rotatable bonds is 25. The molecule has 0 spiro atoms. The number of hydrogen-bond acceptors (Lipinski definition) is 13. The van der Waals surface area contributed by atoms with E-state index in [9.17, 15) is 37.2 Å². The zero-order valence-corrected chi connectivity index (χ0v) is 66.0. The van der Waals surface area contributed by atoms with Crippen LogP contribution >= 0.6 is 46.4 Å². The van der Waals surface area contributed by atoms with Crippen molar-refractivity contribution in [3.63, 3.8) is 0 Å². The molecular formula is C85H106Cl4N10O9S. The summed E-state index contributed by atoms with van der Waals surface area (Å²) < 4.78 is 30.2. The second-order valence-corrected chi connectivity index (χ2v) is 33.7. The molecule has 584 valence electrons. The van der Waals surface area contributed by atoms with E-state index in [0.29, 0.717) is 42.5 Å². The van der Waals surface area contributed by atoms with Crippen molar-refractivity contribution in [1.29, 1.82) is 0 Å². The number of carbonyl (C=O) groups is 6. The van der Waals surface area contributed by atoms with Crippen molar-refractivity contribution in [3.05, 3.63) is 235 Å². The number of halogens is 4. The van der Waals surface area contributed by atoms with Crippen molar-refractivity contribution in [3.8, 4) is 5.75 Å². The lowest BCUT2D eigenvalue weighted by Crippen LogP contribution is -2.47. The highest BCUT2D eigenvalue weighted by atomic mass is 35.5. The van der Waals surface area contributed by atoms with E-state index < -0.39 is 9.84 Å². The van der Waals surface area contributed by atoms with Crippen LogP contribution in [0, 0.1) is 12.8 Å². The van der Waals surface area contributed by atoms with E-state index in [-0.39, 0.29) is 124 Å². The SMILES string of the molecule is Cc1ccc(OCC(=O)NC2CCC(CN)(c3cccc(Cl)c3)CC2)cc1.NCC1(c2cccc(Cl)c2)CCC(NC(=O)CCS(=O)(=O)c2ccccc2)CC1.NCC1(c2cccc(Cl)c2)CCC(NC(=O)CNC(=O)C2CC2)CC1.NCC1(c2cccc(Cl)c2)CCC(NC(=O)CNC(=O)c2ccccc2)CC1. The van der Waals surface area contributed by atoms with Gasteiger partial charge in [0.25, 0.3) is 11.8 Å². The van der Waals surface area contributed by atoms with Gasteiger partial charge in [0.05, 0.1) is 23.7 Å². The molecular weight excluding hydrogens is 1480 g/mol. The number of carbonyl (C=O) groups excluding carboxylic acids is 6. The molecule has 0 heterocycles. The third kappa shape index (κ3) is 25.1. The Morgan fingerprint density at radius 3 is 1.10 bits per heavy atom. The number of benzene rings is 7. The van der Waals surface area contributed by atoms with Crippen molar-refractivity contribution in [1.82, 2.24) is 31.9 Å². The van der Waals surface area contributed by atoms with Gasteiger partial charge in [-0.1, -0.05) is 149 Å². The predicted molar refractivity (Wildman–Crippen MR) is 435 cm³/mol. The second kappa shape index (κ2) is 40.9. The van der Waals surface area contributed by atoms with Crippen LogP contribution in [0.1, 0.15) is 160 Å². The minimum atomic E-state index is -3.45. The number of hydrogen-bond donors (Lipinski definition) is 10. The van der Waals surface area contributed by atoms with Gasteiger partial charge in [-0.2, -0.15) is 0 Å². The minimum Gasteiger partial charge on any atom is -0.484 e. The summed E-state index contributed by atoms with van der Waals surface area (Å²) in [6.45, 7) is 4.35. The highest BCUT2D eigenvalue weighted by Crippen LogP contribution is 2.44. The van der Waals surface area contributed by atoms with Gasteiger partial charge in [-0.3, -0.25) is 28.8 Å². The molecule has 0 aromatic heterocycles. The number of sulfone groups is 1. The van der Waals surface area contributed by atoms with Crippen LogP contribution in [0.2, 0.25) is 20.1 Å². The summed E-state index contributed by atoms with van der Waals surface area (Å²) in [5.74, 6) is -0.178. The third-order valence-electron chi connectivity index (χ3n) is 22.5. The van der Waals surface area contributed by atoms with Crippen LogP contribution in [0.15, 0.2) is 187 Å². The van der Waals surface area contributed by atoms with Crippen LogP contribution in [0.5, 0.6) is 5.75 Å². The Morgan fingerprint density at radius 1 is 0.413 bits per heavy atom. The Kier molecular flexibility index (Phi) is 31.9. The molecule has 0 aliphatic heterocycles. The molecule has 12 rings (SSSR count). The Bertz CT molecular complexity index is 4240. The molecule has 5 aliphatic carbocycles. The highest BCUT2D eigenvalue weighted by Gasteiger charge is 2.41. The summed E-state index contributed by atoms with van der Waals surface area (Å²) in [6, 6.07) is 56.9. The molecule has 109 heavy (non-hydrogen) atoms. The van der Waals surface area contributed by atoms with Gasteiger partial charge in [0, 0.05) is 110 Å². The second-order valence-electron chi connectivity index (χ2n) is 29.9. The Balaban J connectivity index is 0.000000168. The number of ether oxygens (including phenoxy) is 1. The average molecular weight is 1590 g/mol. The predicted octanol–water partition coefficient (Wildman–Crippen LogP) is 12.6. The summed E-state index contributed by atoms with van der Waals surface area (Å²) in [6.07, 6.45) is 16.0. The monoisotopic (exact) mass is 1580 g/mol. The van der Waals surface area contributed by atoms with E-state index in [1.165, 1.54) is 16.7 Å². The molecule has 5 fully saturated rings. The summed E-state index contributed by atoms with van der Waals surface area (Å²) in [4.78, 5) is 72.7. The zero-order chi connectivity index (χ0) is 78.0. The normalized spacial score (nSPS) is 23.0. The Morgan fingerprint density at radius 2 is 0.752 bits per heavy atom. The van der Waals surface area contributed by atoms with E-state index in [1.807, 2.05) is 110 Å². The number of aryl methyl sites for hydroxylation is 1. The Hall–Kier alpha value is -7.89. The molecule has 0 atom stereocenters. The number of nitrogens with one attached hydrogen (secondary N) is 6.